The molecule has 1 amide bonds. The van der Waals surface area contributed by atoms with Crippen LogP contribution in [0.5, 0.6) is 11.5 Å². The fourth-order valence-corrected chi connectivity index (χ4v) is 7.80. The molecule has 3 unspecified atom stereocenters. The molecule has 3 aromatic carbocycles. The fourth-order valence-electron chi connectivity index (χ4n) is 7.80. The lowest BCUT2D eigenvalue weighted by atomic mass is 9.52. The summed E-state index contributed by atoms with van der Waals surface area (Å²) < 4.78 is 6.01. The highest BCUT2D eigenvalue weighted by atomic mass is 16.5. The molecule has 2 saturated carbocycles. The smallest absolute Gasteiger partial charge is 0.255 e. The minimum atomic E-state index is -1.10. The van der Waals surface area contributed by atoms with E-state index in [1.807, 2.05) is 37.3 Å². The van der Waals surface area contributed by atoms with Gasteiger partial charge in [0.25, 0.3) is 5.91 Å². The first kappa shape index (κ1) is 30.4. The van der Waals surface area contributed by atoms with Gasteiger partial charge in [-0.1, -0.05) is 42.5 Å². The third-order valence-corrected chi connectivity index (χ3v) is 10.5. The molecule has 0 spiro atoms. The number of fused-ring (bicyclic) bond motifs is 1. The number of piperidine rings is 1. The second-order valence-corrected chi connectivity index (χ2v) is 13.2. The van der Waals surface area contributed by atoms with Crippen LogP contribution in [0, 0.1) is 12.8 Å². The van der Waals surface area contributed by atoms with Gasteiger partial charge >= 0.3 is 0 Å². The van der Waals surface area contributed by atoms with Crippen molar-refractivity contribution >= 4 is 11.7 Å². The molecule has 3 aromatic rings. The number of amides is 1. The first-order valence-corrected chi connectivity index (χ1v) is 16.0. The van der Waals surface area contributed by atoms with Gasteiger partial charge in [0.2, 0.25) is 0 Å². The summed E-state index contributed by atoms with van der Waals surface area (Å²) in [6.07, 6.45) is 4.86. The van der Waals surface area contributed by atoms with Crippen LogP contribution >= 0.6 is 0 Å². The van der Waals surface area contributed by atoms with Gasteiger partial charge in [0.1, 0.15) is 17.3 Å². The predicted octanol–water partition coefficient (Wildman–Crippen LogP) is 5.57. The Hall–Kier alpha value is -3.68. The van der Waals surface area contributed by atoms with Crippen LogP contribution in [0.2, 0.25) is 0 Å². The van der Waals surface area contributed by atoms with Crippen molar-refractivity contribution in [1.82, 2.24) is 10.2 Å². The Balaban J connectivity index is 1.22. The number of phenols is 1. The van der Waals surface area contributed by atoms with Gasteiger partial charge in [0.05, 0.1) is 18.3 Å². The number of hydrogen-bond donors (Lipinski definition) is 3. The number of aliphatic hydroxyl groups is 1. The van der Waals surface area contributed by atoms with Crippen molar-refractivity contribution in [3.8, 4) is 22.6 Å². The van der Waals surface area contributed by atoms with Gasteiger partial charge in [0, 0.05) is 43.0 Å². The molecule has 3 atom stereocenters. The Morgan fingerprint density at radius 2 is 1.70 bits per heavy atom. The van der Waals surface area contributed by atoms with E-state index in [2.05, 4.69) is 29.3 Å². The largest absolute Gasteiger partial charge is 0.508 e. The lowest BCUT2D eigenvalue weighted by molar-refractivity contribution is -0.165. The molecule has 0 aromatic heterocycles. The summed E-state index contributed by atoms with van der Waals surface area (Å²) in [6.45, 7) is 6.35. The summed E-state index contributed by atoms with van der Waals surface area (Å²) in [7, 11) is 1.58. The maximum absolute atomic E-state index is 13.6. The van der Waals surface area contributed by atoms with Crippen LogP contribution in [-0.2, 0) is 16.6 Å². The number of benzene rings is 3. The molecule has 1 saturated heterocycles. The van der Waals surface area contributed by atoms with E-state index in [1.165, 1.54) is 12.8 Å². The number of methoxy groups -OCH3 is 1. The lowest BCUT2D eigenvalue weighted by Gasteiger charge is -2.60. The molecule has 1 aliphatic heterocycles. The summed E-state index contributed by atoms with van der Waals surface area (Å²) in [5.41, 5.74) is 3.44. The number of ether oxygens (including phenoxy) is 1. The van der Waals surface area contributed by atoms with Crippen LogP contribution < -0.4 is 10.1 Å². The van der Waals surface area contributed by atoms with E-state index in [9.17, 15) is 19.8 Å². The van der Waals surface area contributed by atoms with Crippen LogP contribution in [0.25, 0.3) is 11.1 Å². The number of carbonyl (C=O) groups excluding carboxylic acids is 2. The molecule has 0 radical (unpaired) electrons. The number of likely N-dealkylation sites (tertiary alicyclic amines) is 1. The topological polar surface area (TPSA) is 99.1 Å². The number of rotatable bonds is 9. The summed E-state index contributed by atoms with van der Waals surface area (Å²) >= 11 is 0. The number of nitrogens with one attached hydrogen (secondary N) is 1. The molecule has 3 aliphatic rings. The van der Waals surface area contributed by atoms with Crippen LogP contribution in [-0.4, -0.2) is 65.2 Å². The zero-order valence-corrected chi connectivity index (χ0v) is 26.1. The van der Waals surface area contributed by atoms with Crippen LogP contribution in [0.4, 0.5) is 0 Å². The van der Waals surface area contributed by atoms with Crippen molar-refractivity contribution in [2.75, 3.05) is 26.7 Å². The maximum atomic E-state index is 13.6. The number of Topliss-reactive ketones (excluding diaryl/α,β-unsaturated/α-hetero) is 1. The molecule has 44 heavy (non-hydrogen) atoms. The van der Waals surface area contributed by atoms with Crippen LogP contribution in [0.15, 0.2) is 60.7 Å². The molecule has 1 heterocycles. The molecule has 6 rings (SSSR count). The van der Waals surface area contributed by atoms with Gasteiger partial charge in [-0.2, -0.15) is 0 Å². The second-order valence-electron chi connectivity index (χ2n) is 13.2. The van der Waals surface area contributed by atoms with Gasteiger partial charge in [-0.15, -0.1) is 0 Å². The van der Waals surface area contributed by atoms with Gasteiger partial charge in [-0.05, 0) is 98.9 Å². The van der Waals surface area contributed by atoms with E-state index in [-0.39, 0.29) is 29.9 Å². The van der Waals surface area contributed by atoms with E-state index in [1.54, 1.807) is 25.3 Å². The molecule has 7 nitrogen and oxygen atoms in total. The molecule has 0 bridgehead atoms. The predicted molar refractivity (Wildman–Crippen MR) is 171 cm³/mol. The highest BCUT2D eigenvalue weighted by Gasteiger charge is 2.62. The normalized spacial score (nSPS) is 25.4. The van der Waals surface area contributed by atoms with Crippen molar-refractivity contribution in [3.63, 3.8) is 0 Å². The highest BCUT2D eigenvalue weighted by molar-refractivity contribution is 5.98. The molecule has 232 valence electrons. The van der Waals surface area contributed by atoms with Crippen molar-refractivity contribution in [2.45, 2.75) is 75.9 Å². The minimum absolute atomic E-state index is 0.105. The summed E-state index contributed by atoms with van der Waals surface area (Å²) in [5.74, 6) is 1.34. The molecule has 7 heteroatoms. The molecule has 3 N–H and O–H groups in total. The summed E-state index contributed by atoms with van der Waals surface area (Å²) in [4.78, 5) is 29.1. The molecular weight excluding hydrogens is 552 g/mol. The standard InChI is InChI=1S/C37H44N2O5/c1-24-4-15-32(35(42)38-20-17-26-7-9-28(10-8-26)29-11-13-30(40)14-12-29)34(44-3)33(24)36-19-21-39(23-27-5-6-27)25(2)37(36,43)18-16-31(41)22-36/h4,7-15,25,27,40,43H,5-6,16-23H2,1-3H3,(H,38,42). The van der Waals surface area contributed by atoms with Crippen molar-refractivity contribution in [2.24, 2.45) is 5.92 Å². The number of ketones is 1. The Bertz CT molecular complexity index is 1530. The van der Waals surface area contributed by atoms with Gasteiger partial charge in [-0.3, -0.25) is 14.5 Å². The summed E-state index contributed by atoms with van der Waals surface area (Å²) in [5, 5.41) is 25.2. The van der Waals surface area contributed by atoms with Crippen molar-refractivity contribution in [1.29, 1.82) is 0 Å². The zero-order valence-electron chi connectivity index (χ0n) is 26.1. The third-order valence-electron chi connectivity index (χ3n) is 10.5. The zero-order chi connectivity index (χ0) is 31.1. The van der Waals surface area contributed by atoms with Crippen molar-refractivity contribution < 1.29 is 24.5 Å². The van der Waals surface area contributed by atoms with Crippen molar-refractivity contribution in [3.05, 3.63) is 82.9 Å². The highest BCUT2D eigenvalue weighted by Crippen LogP contribution is 2.56. The average Bonchev–Trinajstić information content (AvgIpc) is 3.84. The SMILES string of the molecule is COc1c(C(=O)NCCc2ccc(-c3ccc(O)cc3)cc2)ccc(C)c1C12CCN(CC3CC3)C(C)C1(O)CCC(=O)C2. The minimum Gasteiger partial charge on any atom is -0.508 e. The second kappa shape index (κ2) is 12.0. The Morgan fingerprint density at radius 1 is 1.02 bits per heavy atom. The number of phenolic OH excluding ortho intramolecular Hbond substituents is 1. The lowest BCUT2D eigenvalue weighted by Crippen LogP contribution is -2.70. The van der Waals surface area contributed by atoms with Crippen LogP contribution in [0.1, 0.15) is 72.5 Å². The monoisotopic (exact) mass is 596 g/mol. The third kappa shape index (κ3) is 5.52. The van der Waals surface area contributed by atoms with E-state index >= 15 is 0 Å². The Labute approximate surface area is 260 Å². The summed E-state index contributed by atoms with van der Waals surface area (Å²) in [6, 6.07) is 18.9. The maximum Gasteiger partial charge on any atom is 0.255 e. The van der Waals surface area contributed by atoms with Gasteiger partial charge in [-0.25, -0.2) is 0 Å². The number of nitrogens with zero attached hydrogens (tertiary/aromatic N) is 1. The quantitative estimate of drug-likeness (QED) is 0.299. The number of hydrogen-bond acceptors (Lipinski definition) is 6. The Morgan fingerprint density at radius 3 is 2.36 bits per heavy atom. The number of aryl methyl sites for hydroxylation is 1. The Kier molecular flexibility index (Phi) is 8.29. The van der Waals surface area contributed by atoms with Gasteiger partial charge < -0.3 is 20.3 Å². The van der Waals surface area contributed by atoms with Crippen LogP contribution in [0.3, 0.4) is 0 Å². The first-order valence-electron chi connectivity index (χ1n) is 16.0. The first-order chi connectivity index (χ1) is 21.1. The molecule has 3 fully saturated rings. The average molecular weight is 597 g/mol. The van der Waals surface area contributed by atoms with E-state index in [0.29, 0.717) is 49.5 Å². The van der Waals surface area contributed by atoms with E-state index < -0.39 is 11.0 Å². The van der Waals surface area contributed by atoms with E-state index in [4.69, 9.17) is 4.74 Å². The number of aromatic hydroxyl groups is 1. The van der Waals surface area contributed by atoms with E-state index in [0.717, 1.165) is 40.9 Å². The molecular formula is C37H44N2O5. The molecule has 2 aliphatic carbocycles. The fraction of sp³-hybridized carbons (Fsp3) is 0.459. The number of carbonyl (C=O) groups is 2. The van der Waals surface area contributed by atoms with Gasteiger partial charge in [0.15, 0.2) is 0 Å².